The lowest BCUT2D eigenvalue weighted by Gasteiger charge is -2.33. The van der Waals surface area contributed by atoms with E-state index in [0.29, 0.717) is 5.92 Å². The van der Waals surface area contributed by atoms with Crippen molar-refractivity contribution in [2.75, 3.05) is 44.8 Å². The molecule has 0 saturated carbocycles. The Morgan fingerprint density at radius 2 is 2.04 bits per heavy atom. The molecule has 0 bridgehead atoms. The van der Waals surface area contributed by atoms with Crippen LogP contribution in [0.3, 0.4) is 0 Å². The van der Waals surface area contributed by atoms with Gasteiger partial charge in [0.25, 0.3) is 0 Å². The first kappa shape index (κ1) is 18.1. The van der Waals surface area contributed by atoms with Crippen LogP contribution in [0.1, 0.15) is 37.7 Å². The normalized spacial score (nSPS) is 22.5. The predicted molar refractivity (Wildman–Crippen MR) is 108 cm³/mol. The Morgan fingerprint density at radius 3 is 2.81 bits per heavy atom. The van der Waals surface area contributed by atoms with Gasteiger partial charge in [0, 0.05) is 32.3 Å². The lowest BCUT2D eigenvalue weighted by Crippen LogP contribution is -2.36. The number of fused-ring (bicyclic) bond motifs is 1. The molecule has 5 nitrogen and oxygen atoms in total. The largest absolute Gasteiger partial charge is 0.381 e. The van der Waals surface area contributed by atoms with Crippen molar-refractivity contribution in [2.24, 2.45) is 5.92 Å². The van der Waals surface area contributed by atoms with Crippen molar-refractivity contribution in [3.05, 3.63) is 17.3 Å². The Hall–Kier alpha value is -1.24. The van der Waals surface area contributed by atoms with Gasteiger partial charge in [-0.05, 0) is 69.5 Å². The number of thiophene rings is 1. The summed E-state index contributed by atoms with van der Waals surface area (Å²) in [5.41, 5.74) is 1.29. The maximum absolute atomic E-state index is 6.03. The zero-order chi connectivity index (χ0) is 17.9. The Balaban J connectivity index is 1.24. The fourth-order valence-corrected chi connectivity index (χ4v) is 5.25. The molecule has 142 valence electrons. The summed E-state index contributed by atoms with van der Waals surface area (Å²) in [5.74, 6) is 1.81. The van der Waals surface area contributed by atoms with Gasteiger partial charge in [0.1, 0.15) is 17.0 Å². The van der Waals surface area contributed by atoms with E-state index in [-0.39, 0.29) is 0 Å². The maximum atomic E-state index is 6.03. The number of ether oxygens (including phenoxy) is 1. The molecule has 0 N–H and O–H groups in total. The second-order valence-electron chi connectivity index (χ2n) is 7.87. The van der Waals surface area contributed by atoms with Crippen molar-refractivity contribution in [1.82, 2.24) is 14.9 Å². The lowest BCUT2D eigenvalue weighted by atomic mass is 9.97. The van der Waals surface area contributed by atoms with E-state index in [0.717, 1.165) is 43.0 Å². The number of likely N-dealkylation sites (tertiary alicyclic amines) is 1. The minimum atomic E-state index is 0.688. The molecular formula is C20H30N4OS. The number of aryl methyl sites for hydroxylation is 1. The maximum Gasteiger partial charge on any atom is 0.141 e. The number of rotatable bonds is 6. The van der Waals surface area contributed by atoms with Gasteiger partial charge in [0.05, 0.1) is 5.39 Å². The molecule has 1 atom stereocenters. The van der Waals surface area contributed by atoms with Crippen LogP contribution >= 0.6 is 11.3 Å². The summed E-state index contributed by atoms with van der Waals surface area (Å²) in [6, 6.07) is 0.742. The van der Waals surface area contributed by atoms with Crippen LogP contribution in [0.25, 0.3) is 10.2 Å². The van der Waals surface area contributed by atoms with Crippen LogP contribution in [-0.4, -0.2) is 60.8 Å². The number of nitrogens with zero attached hydrogens (tertiary/aromatic N) is 4. The van der Waals surface area contributed by atoms with Crippen molar-refractivity contribution < 1.29 is 4.74 Å². The standard InChI is InChI=1S/C20H30N4OS/c1-15-13-26-20-18(15)19(21-14-22-20)24-9-5-16(6-10-24)12-25-11-7-17-4-3-8-23(17)2/h13-14,16-17H,3-12H2,1-2H3. The van der Waals surface area contributed by atoms with Gasteiger partial charge in [-0.25, -0.2) is 9.97 Å². The Morgan fingerprint density at radius 1 is 1.19 bits per heavy atom. The van der Waals surface area contributed by atoms with Gasteiger partial charge in [-0.2, -0.15) is 0 Å². The van der Waals surface area contributed by atoms with Gasteiger partial charge >= 0.3 is 0 Å². The van der Waals surface area contributed by atoms with E-state index in [4.69, 9.17) is 4.74 Å². The van der Waals surface area contributed by atoms with Gasteiger partial charge in [-0.15, -0.1) is 11.3 Å². The highest BCUT2D eigenvalue weighted by atomic mass is 32.1. The number of anilines is 1. The number of aromatic nitrogens is 2. The third-order valence-corrected chi connectivity index (χ3v) is 7.07. The summed E-state index contributed by atoms with van der Waals surface area (Å²) in [5, 5.41) is 3.43. The molecule has 2 fully saturated rings. The van der Waals surface area contributed by atoms with E-state index < -0.39 is 0 Å². The van der Waals surface area contributed by atoms with E-state index in [9.17, 15) is 0 Å². The monoisotopic (exact) mass is 374 g/mol. The van der Waals surface area contributed by atoms with Crippen molar-refractivity contribution >= 4 is 27.4 Å². The first-order valence-electron chi connectivity index (χ1n) is 9.94. The zero-order valence-corrected chi connectivity index (χ0v) is 16.8. The highest BCUT2D eigenvalue weighted by Gasteiger charge is 2.24. The third kappa shape index (κ3) is 3.87. The fraction of sp³-hybridized carbons (Fsp3) is 0.700. The molecule has 0 amide bonds. The van der Waals surface area contributed by atoms with Crippen LogP contribution in [-0.2, 0) is 4.74 Å². The molecule has 0 aromatic carbocycles. The van der Waals surface area contributed by atoms with Crippen LogP contribution < -0.4 is 4.90 Å². The molecule has 2 aliphatic rings. The van der Waals surface area contributed by atoms with Crippen molar-refractivity contribution in [3.8, 4) is 0 Å². The second kappa shape index (κ2) is 8.19. The first-order chi connectivity index (χ1) is 12.7. The topological polar surface area (TPSA) is 41.5 Å². The predicted octanol–water partition coefficient (Wildman–Crippen LogP) is 3.72. The fourth-order valence-electron chi connectivity index (χ4n) is 4.36. The van der Waals surface area contributed by atoms with E-state index in [1.54, 1.807) is 17.7 Å². The smallest absolute Gasteiger partial charge is 0.141 e. The lowest BCUT2D eigenvalue weighted by molar-refractivity contribution is 0.0769. The van der Waals surface area contributed by atoms with Crippen molar-refractivity contribution in [1.29, 1.82) is 0 Å². The molecule has 0 spiro atoms. The minimum absolute atomic E-state index is 0.688. The first-order valence-corrected chi connectivity index (χ1v) is 10.8. The molecule has 0 aliphatic carbocycles. The van der Waals surface area contributed by atoms with Gasteiger partial charge in [-0.3, -0.25) is 0 Å². The van der Waals surface area contributed by atoms with Crippen LogP contribution in [0.4, 0.5) is 5.82 Å². The minimum Gasteiger partial charge on any atom is -0.381 e. The van der Waals surface area contributed by atoms with Crippen LogP contribution in [0.5, 0.6) is 0 Å². The zero-order valence-electron chi connectivity index (χ0n) is 16.0. The Bertz CT molecular complexity index is 726. The number of piperidine rings is 1. The van der Waals surface area contributed by atoms with E-state index in [1.165, 1.54) is 49.6 Å². The molecule has 26 heavy (non-hydrogen) atoms. The summed E-state index contributed by atoms with van der Waals surface area (Å²) < 4.78 is 6.03. The summed E-state index contributed by atoms with van der Waals surface area (Å²) in [6.07, 6.45) is 7.97. The highest BCUT2D eigenvalue weighted by Crippen LogP contribution is 2.32. The van der Waals surface area contributed by atoms with E-state index in [2.05, 4.69) is 39.1 Å². The summed E-state index contributed by atoms with van der Waals surface area (Å²) in [4.78, 5) is 15.0. The number of hydrogen-bond acceptors (Lipinski definition) is 6. The van der Waals surface area contributed by atoms with Crippen molar-refractivity contribution in [3.63, 3.8) is 0 Å². The molecule has 1 unspecified atom stereocenters. The summed E-state index contributed by atoms with van der Waals surface area (Å²) in [6.45, 7) is 7.38. The second-order valence-corrected chi connectivity index (χ2v) is 8.72. The van der Waals surface area contributed by atoms with Gasteiger partial charge in [0.15, 0.2) is 0 Å². The molecule has 0 radical (unpaired) electrons. The average Bonchev–Trinajstić information content (AvgIpc) is 3.25. The van der Waals surface area contributed by atoms with Crippen LogP contribution in [0.2, 0.25) is 0 Å². The summed E-state index contributed by atoms with van der Waals surface area (Å²) in [7, 11) is 2.24. The molecular weight excluding hydrogens is 344 g/mol. The molecule has 4 heterocycles. The molecule has 4 rings (SSSR count). The highest BCUT2D eigenvalue weighted by molar-refractivity contribution is 7.17. The van der Waals surface area contributed by atoms with Crippen molar-refractivity contribution in [2.45, 2.75) is 45.1 Å². The number of hydrogen-bond donors (Lipinski definition) is 0. The van der Waals surface area contributed by atoms with Crippen LogP contribution in [0.15, 0.2) is 11.7 Å². The Labute approximate surface area is 160 Å². The molecule has 2 aliphatic heterocycles. The summed E-state index contributed by atoms with van der Waals surface area (Å²) >= 11 is 1.72. The van der Waals surface area contributed by atoms with E-state index in [1.807, 2.05) is 0 Å². The van der Waals surface area contributed by atoms with Crippen LogP contribution in [0, 0.1) is 12.8 Å². The molecule has 2 aromatic rings. The molecule has 6 heteroatoms. The molecule has 2 aromatic heterocycles. The molecule has 2 saturated heterocycles. The third-order valence-electron chi connectivity index (χ3n) is 6.07. The van der Waals surface area contributed by atoms with Gasteiger partial charge in [0.2, 0.25) is 0 Å². The Kier molecular flexibility index (Phi) is 5.72. The van der Waals surface area contributed by atoms with Gasteiger partial charge < -0.3 is 14.5 Å². The SMILES string of the molecule is Cc1csc2ncnc(N3CCC(COCCC4CCCN4C)CC3)c12. The van der Waals surface area contributed by atoms with Gasteiger partial charge in [-0.1, -0.05) is 0 Å². The quantitative estimate of drug-likeness (QED) is 0.721. The van der Waals surface area contributed by atoms with E-state index >= 15 is 0 Å². The average molecular weight is 375 g/mol.